The zero-order chi connectivity index (χ0) is 13.4. The highest BCUT2D eigenvalue weighted by atomic mass is 35.5. The molecule has 2 rings (SSSR count). The maximum Gasteiger partial charge on any atom is 0.251 e. The molecule has 0 spiro atoms. The third kappa shape index (κ3) is 2.88. The van der Waals surface area contributed by atoms with Gasteiger partial charge in [-0.3, -0.25) is 0 Å². The Kier molecular flexibility index (Phi) is 4.04. The summed E-state index contributed by atoms with van der Waals surface area (Å²) in [7, 11) is -3.51. The largest absolute Gasteiger partial charge is 0.316 e. The minimum atomic E-state index is -3.51. The molecule has 1 unspecified atom stereocenters. The van der Waals surface area contributed by atoms with Crippen LogP contribution in [0.1, 0.15) is 20.3 Å². The Hall–Kier alpha value is -0.140. The third-order valence-corrected chi connectivity index (χ3v) is 6.75. The van der Waals surface area contributed by atoms with E-state index >= 15 is 0 Å². The van der Waals surface area contributed by atoms with Crippen molar-refractivity contribution in [3.05, 3.63) is 16.5 Å². The van der Waals surface area contributed by atoms with E-state index in [1.165, 1.54) is 0 Å². The van der Waals surface area contributed by atoms with Crippen LogP contribution in [0.25, 0.3) is 0 Å². The van der Waals surface area contributed by atoms with Gasteiger partial charge in [0.15, 0.2) is 4.21 Å². The number of piperidine rings is 1. The molecule has 0 saturated carbocycles. The number of sulfonamides is 1. The summed E-state index contributed by atoms with van der Waals surface area (Å²) in [6.07, 6.45) is 0.787. The lowest BCUT2D eigenvalue weighted by Crippen LogP contribution is -2.54. The van der Waals surface area contributed by atoms with Gasteiger partial charge in [0.2, 0.25) is 0 Å². The molecule has 1 aromatic rings. The van der Waals surface area contributed by atoms with E-state index in [1.807, 2.05) is 0 Å². The van der Waals surface area contributed by atoms with Crippen molar-refractivity contribution >= 4 is 33.0 Å². The fourth-order valence-corrected chi connectivity index (χ4v) is 5.25. The van der Waals surface area contributed by atoms with Gasteiger partial charge in [0.1, 0.15) is 0 Å². The average molecular weight is 309 g/mol. The van der Waals surface area contributed by atoms with Crippen molar-refractivity contribution in [1.29, 1.82) is 0 Å². The van der Waals surface area contributed by atoms with Crippen molar-refractivity contribution in [3.8, 4) is 0 Å². The van der Waals surface area contributed by atoms with Crippen LogP contribution in [0.3, 0.4) is 0 Å². The number of nitrogens with one attached hydrogen (secondary N) is 2. The van der Waals surface area contributed by atoms with Crippen molar-refractivity contribution in [2.24, 2.45) is 5.41 Å². The van der Waals surface area contributed by atoms with Crippen LogP contribution in [-0.2, 0) is 10.0 Å². The molecule has 1 aliphatic heterocycles. The Morgan fingerprint density at radius 3 is 2.83 bits per heavy atom. The van der Waals surface area contributed by atoms with Gasteiger partial charge in [0.25, 0.3) is 10.0 Å². The lowest BCUT2D eigenvalue weighted by Gasteiger charge is -2.39. The van der Waals surface area contributed by atoms with E-state index in [4.69, 9.17) is 11.6 Å². The zero-order valence-electron chi connectivity index (χ0n) is 10.4. The predicted octanol–water partition coefficient (Wildman–Crippen LogP) is 2.07. The predicted molar refractivity (Wildman–Crippen MR) is 74.7 cm³/mol. The highest BCUT2D eigenvalue weighted by molar-refractivity contribution is 7.91. The summed E-state index contributed by atoms with van der Waals surface area (Å²) in [4.78, 5) is 0. The molecule has 102 valence electrons. The molecule has 0 aliphatic carbocycles. The number of halogens is 1. The molecule has 18 heavy (non-hydrogen) atoms. The minimum absolute atomic E-state index is 0.0677. The number of hydrogen-bond acceptors (Lipinski definition) is 4. The molecule has 1 fully saturated rings. The van der Waals surface area contributed by atoms with E-state index in [2.05, 4.69) is 23.9 Å². The van der Waals surface area contributed by atoms with E-state index < -0.39 is 10.0 Å². The van der Waals surface area contributed by atoms with Crippen molar-refractivity contribution in [3.63, 3.8) is 0 Å². The lowest BCUT2D eigenvalue weighted by molar-refractivity contribution is 0.206. The molecule has 7 heteroatoms. The molecule has 1 aromatic heterocycles. The normalized spacial score (nSPS) is 24.1. The van der Waals surface area contributed by atoms with Crippen molar-refractivity contribution in [1.82, 2.24) is 10.0 Å². The Morgan fingerprint density at radius 1 is 1.56 bits per heavy atom. The first kappa shape index (κ1) is 14.3. The maximum atomic E-state index is 12.3. The van der Waals surface area contributed by atoms with Gasteiger partial charge in [-0.25, -0.2) is 13.1 Å². The Bertz CT molecular complexity index is 525. The van der Waals surface area contributed by atoms with Crippen LogP contribution in [0.5, 0.6) is 0 Å². The summed E-state index contributed by atoms with van der Waals surface area (Å²) < 4.78 is 27.5. The van der Waals surface area contributed by atoms with Crippen LogP contribution >= 0.6 is 22.9 Å². The lowest BCUT2D eigenvalue weighted by atomic mass is 9.81. The average Bonchev–Trinajstić information content (AvgIpc) is 2.68. The summed E-state index contributed by atoms with van der Waals surface area (Å²) in [5.41, 5.74) is -0.102. The molecule has 1 aliphatic rings. The van der Waals surface area contributed by atoms with Gasteiger partial charge >= 0.3 is 0 Å². The smallest absolute Gasteiger partial charge is 0.251 e. The first-order valence-electron chi connectivity index (χ1n) is 5.79. The van der Waals surface area contributed by atoms with Gasteiger partial charge < -0.3 is 5.32 Å². The molecule has 1 atom stereocenters. The van der Waals surface area contributed by atoms with E-state index in [-0.39, 0.29) is 15.7 Å². The molecule has 2 heterocycles. The van der Waals surface area contributed by atoms with Gasteiger partial charge in [-0.05, 0) is 29.8 Å². The fraction of sp³-hybridized carbons (Fsp3) is 0.636. The fourth-order valence-electron chi connectivity index (χ4n) is 2.10. The van der Waals surface area contributed by atoms with Gasteiger partial charge in [-0.1, -0.05) is 25.4 Å². The SMILES string of the molecule is CC1(C)CNCCC1NS(=O)(=O)c1sccc1Cl. The van der Waals surface area contributed by atoms with Gasteiger partial charge in [-0.15, -0.1) is 11.3 Å². The Morgan fingerprint density at radius 2 is 2.28 bits per heavy atom. The first-order valence-corrected chi connectivity index (χ1v) is 8.53. The summed E-state index contributed by atoms with van der Waals surface area (Å²) in [5, 5.41) is 5.25. The first-order chi connectivity index (χ1) is 8.33. The van der Waals surface area contributed by atoms with Crippen LogP contribution in [-0.4, -0.2) is 27.5 Å². The van der Waals surface area contributed by atoms with Crippen molar-refractivity contribution in [2.45, 2.75) is 30.5 Å². The van der Waals surface area contributed by atoms with Gasteiger partial charge in [-0.2, -0.15) is 0 Å². The summed E-state index contributed by atoms with van der Waals surface area (Å²) in [6, 6.07) is 1.54. The molecule has 0 radical (unpaired) electrons. The molecule has 0 amide bonds. The number of thiophene rings is 1. The van der Waals surface area contributed by atoms with Crippen LogP contribution in [0.2, 0.25) is 5.02 Å². The van der Waals surface area contributed by atoms with Crippen LogP contribution < -0.4 is 10.0 Å². The maximum absolute atomic E-state index is 12.3. The van der Waals surface area contributed by atoms with Crippen LogP contribution in [0, 0.1) is 5.41 Å². The van der Waals surface area contributed by atoms with E-state index in [0.717, 1.165) is 30.8 Å². The monoisotopic (exact) mass is 308 g/mol. The summed E-state index contributed by atoms with van der Waals surface area (Å²) >= 11 is 7.04. The highest BCUT2D eigenvalue weighted by Crippen LogP contribution is 2.30. The quantitative estimate of drug-likeness (QED) is 0.899. The van der Waals surface area contributed by atoms with E-state index in [9.17, 15) is 8.42 Å². The van der Waals surface area contributed by atoms with Gasteiger partial charge in [0, 0.05) is 12.6 Å². The highest BCUT2D eigenvalue weighted by Gasteiger charge is 2.36. The molecule has 2 N–H and O–H groups in total. The second kappa shape index (κ2) is 5.09. The molecule has 0 aromatic carbocycles. The third-order valence-electron chi connectivity index (χ3n) is 3.26. The Balaban J connectivity index is 2.21. The number of hydrogen-bond donors (Lipinski definition) is 2. The topological polar surface area (TPSA) is 58.2 Å². The van der Waals surface area contributed by atoms with Crippen LogP contribution in [0.4, 0.5) is 0 Å². The number of rotatable bonds is 3. The summed E-state index contributed by atoms with van der Waals surface area (Å²) in [6.45, 7) is 5.75. The second-order valence-corrected chi connectivity index (χ2v) is 8.42. The molecule has 0 bridgehead atoms. The van der Waals surface area contributed by atoms with Gasteiger partial charge in [0.05, 0.1) is 5.02 Å². The van der Waals surface area contributed by atoms with Crippen LogP contribution in [0.15, 0.2) is 15.7 Å². The minimum Gasteiger partial charge on any atom is -0.316 e. The molecule has 4 nitrogen and oxygen atoms in total. The van der Waals surface area contributed by atoms with E-state index in [1.54, 1.807) is 11.4 Å². The molecular formula is C11H17ClN2O2S2. The molecular weight excluding hydrogens is 292 g/mol. The van der Waals surface area contributed by atoms with Crippen molar-refractivity contribution in [2.75, 3.05) is 13.1 Å². The summed E-state index contributed by atoms with van der Waals surface area (Å²) in [5.74, 6) is 0. The second-order valence-electron chi connectivity index (χ2n) is 5.18. The Labute approximate surface area is 117 Å². The standard InChI is InChI=1S/C11H17ClN2O2S2/c1-11(2)7-13-5-3-9(11)14-18(15,16)10-8(12)4-6-17-10/h4,6,9,13-14H,3,5,7H2,1-2H3. The zero-order valence-corrected chi connectivity index (χ0v) is 12.8. The van der Waals surface area contributed by atoms with Crippen molar-refractivity contribution < 1.29 is 8.42 Å². The molecule has 1 saturated heterocycles. The van der Waals surface area contributed by atoms with E-state index in [0.29, 0.717) is 5.02 Å².